The van der Waals surface area contributed by atoms with E-state index in [0.29, 0.717) is 12.5 Å². The van der Waals surface area contributed by atoms with Crippen molar-refractivity contribution in [2.24, 2.45) is 5.92 Å². The highest BCUT2D eigenvalue weighted by Crippen LogP contribution is 2.27. The molecule has 5 heteroatoms. The molecule has 1 aromatic carbocycles. The number of carbonyl (C=O) groups is 1. The van der Waals surface area contributed by atoms with Gasteiger partial charge in [-0.25, -0.2) is 4.98 Å². The molecule has 0 spiro atoms. The van der Waals surface area contributed by atoms with Crippen LogP contribution in [0.2, 0.25) is 0 Å². The molecular formula is C22H31N3OS. The third-order valence-electron chi connectivity index (χ3n) is 5.60. The summed E-state index contributed by atoms with van der Waals surface area (Å²) in [6.45, 7) is 7.27. The van der Waals surface area contributed by atoms with Crippen molar-refractivity contribution in [1.29, 1.82) is 0 Å². The van der Waals surface area contributed by atoms with Gasteiger partial charge in [0, 0.05) is 23.7 Å². The molecular weight excluding hydrogens is 354 g/mol. The van der Waals surface area contributed by atoms with Gasteiger partial charge < -0.3 is 5.32 Å². The smallest absolute Gasteiger partial charge is 0.231 e. The lowest BCUT2D eigenvalue weighted by atomic mass is 9.87. The molecule has 1 fully saturated rings. The van der Waals surface area contributed by atoms with Crippen LogP contribution in [0.5, 0.6) is 0 Å². The molecule has 4 nitrogen and oxygen atoms in total. The maximum atomic E-state index is 12.4. The summed E-state index contributed by atoms with van der Waals surface area (Å²) in [4.78, 5) is 19.5. The number of amides is 1. The van der Waals surface area contributed by atoms with Gasteiger partial charge in [0.15, 0.2) is 0 Å². The molecule has 1 N–H and O–H groups in total. The van der Waals surface area contributed by atoms with Gasteiger partial charge in [-0.1, -0.05) is 19.1 Å². The predicted octanol–water partition coefficient (Wildman–Crippen LogP) is 4.95. The van der Waals surface area contributed by atoms with Crippen molar-refractivity contribution >= 4 is 22.9 Å². The van der Waals surface area contributed by atoms with Gasteiger partial charge >= 0.3 is 0 Å². The van der Waals surface area contributed by atoms with Crippen molar-refractivity contribution < 1.29 is 4.79 Å². The van der Waals surface area contributed by atoms with Crippen LogP contribution in [0.1, 0.15) is 54.4 Å². The number of hydrogen-bond donors (Lipinski definition) is 1. The minimum absolute atomic E-state index is 0.000720. The van der Waals surface area contributed by atoms with E-state index in [-0.39, 0.29) is 5.91 Å². The zero-order valence-electron chi connectivity index (χ0n) is 16.9. The fraction of sp³-hybridized carbons (Fsp3) is 0.545. The van der Waals surface area contributed by atoms with E-state index in [1.165, 1.54) is 25.7 Å². The maximum Gasteiger partial charge on any atom is 0.231 e. The Bertz CT molecular complexity index is 778. The second-order valence-corrected chi connectivity index (χ2v) is 9.05. The number of benzene rings is 1. The van der Waals surface area contributed by atoms with E-state index in [9.17, 15) is 4.79 Å². The molecule has 1 amide bonds. The van der Waals surface area contributed by atoms with Crippen molar-refractivity contribution in [2.45, 2.75) is 65.5 Å². The van der Waals surface area contributed by atoms with Gasteiger partial charge in [-0.2, -0.15) is 0 Å². The number of hydrogen-bond acceptors (Lipinski definition) is 4. The lowest BCUT2D eigenvalue weighted by Gasteiger charge is -2.33. The maximum absolute atomic E-state index is 12.4. The number of aryl methyl sites for hydroxylation is 2. The molecule has 1 saturated carbocycles. The van der Waals surface area contributed by atoms with Crippen LogP contribution in [-0.2, 0) is 17.8 Å². The second-order valence-electron chi connectivity index (χ2n) is 8.10. The largest absolute Gasteiger partial charge is 0.325 e. The Hall–Kier alpha value is -1.72. The van der Waals surface area contributed by atoms with Crippen LogP contribution in [0.4, 0.5) is 5.69 Å². The summed E-state index contributed by atoms with van der Waals surface area (Å²) in [5, 5.41) is 6.01. The van der Waals surface area contributed by atoms with Crippen molar-refractivity contribution in [3.8, 4) is 0 Å². The quantitative estimate of drug-likeness (QED) is 0.765. The van der Waals surface area contributed by atoms with Crippen molar-refractivity contribution in [3.63, 3.8) is 0 Å². The van der Waals surface area contributed by atoms with Gasteiger partial charge in [0.1, 0.15) is 5.01 Å². The third-order valence-corrected chi connectivity index (χ3v) is 6.50. The number of rotatable bonds is 6. The Labute approximate surface area is 167 Å². The summed E-state index contributed by atoms with van der Waals surface area (Å²) in [6.07, 6.45) is 5.56. The van der Waals surface area contributed by atoms with Gasteiger partial charge in [0.05, 0.1) is 12.1 Å². The van der Waals surface area contributed by atoms with Crippen LogP contribution in [0.15, 0.2) is 23.6 Å². The number of aromatic nitrogens is 1. The molecule has 0 unspecified atom stereocenters. The molecule has 27 heavy (non-hydrogen) atoms. The van der Waals surface area contributed by atoms with Crippen molar-refractivity contribution in [1.82, 2.24) is 9.88 Å². The first-order valence-electron chi connectivity index (χ1n) is 9.91. The Morgan fingerprint density at radius 1 is 1.26 bits per heavy atom. The zero-order valence-corrected chi connectivity index (χ0v) is 17.7. The molecule has 0 aliphatic heterocycles. The second kappa shape index (κ2) is 8.98. The first-order valence-corrected chi connectivity index (χ1v) is 10.8. The number of thiazole rings is 1. The fourth-order valence-electron chi connectivity index (χ4n) is 3.77. The fourth-order valence-corrected chi connectivity index (χ4v) is 4.56. The predicted molar refractivity (Wildman–Crippen MR) is 113 cm³/mol. The molecule has 2 aromatic rings. The monoisotopic (exact) mass is 385 g/mol. The van der Waals surface area contributed by atoms with Crippen LogP contribution in [0, 0.1) is 19.8 Å². The van der Waals surface area contributed by atoms with E-state index in [1.807, 2.05) is 26.0 Å². The van der Waals surface area contributed by atoms with Gasteiger partial charge in [-0.05, 0) is 69.7 Å². The summed E-state index contributed by atoms with van der Waals surface area (Å²) < 4.78 is 0. The average Bonchev–Trinajstić information content (AvgIpc) is 3.05. The minimum Gasteiger partial charge on any atom is -0.325 e. The van der Waals surface area contributed by atoms with E-state index < -0.39 is 0 Å². The first-order chi connectivity index (χ1) is 12.9. The third kappa shape index (κ3) is 5.63. The molecule has 3 rings (SSSR count). The zero-order chi connectivity index (χ0) is 19.4. The van der Waals surface area contributed by atoms with E-state index in [4.69, 9.17) is 4.98 Å². The molecule has 1 aromatic heterocycles. The average molecular weight is 386 g/mol. The summed E-state index contributed by atoms with van der Waals surface area (Å²) in [7, 11) is 2.20. The SMILES string of the molecule is Cc1ccc(C)c(NC(=O)Cc2nc(CN(C)C3CCC(C)CC3)cs2)c1. The van der Waals surface area contributed by atoms with Gasteiger partial charge in [0.2, 0.25) is 5.91 Å². The summed E-state index contributed by atoms with van der Waals surface area (Å²) in [5.41, 5.74) is 4.20. The van der Waals surface area contributed by atoms with E-state index in [0.717, 1.165) is 40.0 Å². The normalized spacial score (nSPS) is 20.0. The molecule has 0 atom stereocenters. The van der Waals surface area contributed by atoms with Crippen molar-refractivity contribution in [3.05, 3.63) is 45.4 Å². The lowest BCUT2D eigenvalue weighted by molar-refractivity contribution is -0.115. The van der Waals surface area contributed by atoms with Gasteiger partial charge in [0.25, 0.3) is 0 Å². The first kappa shape index (κ1) is 20.0. The number of nitrogens with one attached hydrogen (secondary N) is 1. The Morgan fingerprint density at radius 2 is 2.00 bits per heavy atom. The van der Waals surface area contributed by atoms with Crippen LogP contribution < -0.4 is 5.32 Å². The van der Waals surface area contributed by atoms with Crippen LogP contribution in [-0.4, -0.2) is 28.9 Å². The van der Waals surface area contributed by atoms with Crippen LogP contribution in [0.3, 0.4) is 0 Å². The molecule has 0 bridgehead atoms. The molecule has 0 radical (unpaired) electrons. The molecule has 1 heterocycles. The minimum atomic E-state index is -0.000720. The Kier molecular flexibility index (Phi) is 6.66. The van der Waals surface area contributed by atoms with Crippen molar-refractivity contribution in [2.75, 3.05) is 12.4 Å². The van der Waals surface area contributed by atoms with E-state index in [1.54, 1.807) is 11.3 Å². The highest BCUT2D eigenvalue weighted by Gasteiger charge is 2.22. The summed E-state index contributed by atoms with van der Waals surface area (Å²) in [5.74, 6) is 0.871. The lowest BCUT2D eigenvalue weighted by Crippen LogP contribution is -2.34. The molecule has 1 aliphatic rings. The van der Waals surface area contributed by atoms with E-state index in [2.05, 4.69) is 35.6 Å². The standard InChI is InChI=1S/C22H31N3OS/c1-15-6-9-19(10-7-15)25(4)13-18-14-27-22(23-18)12-21(26)24-20-11-16(2)5-8-17(20)3/h5,8,11,14-15,19H,6-7,9-10,12-13H2,1-4H3,(H,24,26). The number of nitrogens with zero attached hydrogens (tertiary/aromatic N) is 2. The highest BCUT2D eigenvalue weighted by atomic mass is 32.1. The summed E-state index contributed by atoms with van der Waals surface area (Å²) >= 11 is 1.59. The Morgan fingerprint density at radius 3 is 2.74 bits per heavy atom. The molecule has 1 aliphatic carbocycles. The number of carbonyl (C=O) groups excluding carboxylic acids is 1. The van der Waals surface area contributed by atoms with Crippen LogP contribution >= 0.6 is 11.3 Å². The summed E-state index contributed by atoms with van der Waals surface area (Å²) in [6, 6.07) is 6.77. The number of anilines is 1. The molecule has 146 valence electrons. The van der Waals surface area contributed by atoms with Crippen LogP contribution in [0.25, 0.3) is 0 Å². The topological polar surface area (TPSA) is 45.2 Å². The molecule has 0 saturated heterocycles. The Balaban J connectivity index is 1.53. The highest BCUT2D eigenvalue weighted by molar-refractivity contribution is 7.09. The van der Waals surface area contributed by atoms with Gasteiger partial charge in [-0.3, -0.25) is 9.69 Å². The van der Waals surface area contributed by atoms with Gasteiger partial charge in [-0.15, -0.1) is 11.3 Å². The van der Waals surface area contributed by atoms with E-state index >= 15 is 0 Å².